The van der Waals surface area contributed by atoms with Gasteiger partial charge in [0.25, 0.3) is 0 Å². The number of halogens is 1. The minimum absolute atomic E-state index is 0.136. The van der Waals surface area contributed by atoms with Crippen molar-refractivity contribution in [2.24, 2.45) is 11.8 Å². The van der Waals surface area contributed by atoms with Crippen LogP contribution < -0.4 is 5.32 Å². The summed E-state index contributed by atoms with van der Waals surface area (Å²) in [5.74, 6) is 1.93. The fourth-order valence-electron chi connectivity index (χ4n) is 3.27. The second-order valence-corrected chi connectivity index (χ2v) is 6.69. The molecule has 2 rings (SSSR count). The first kappa shape index (κ1) is 15.5. The maximum Gasteiger partial charge on any atom is 0.123 e. The summed E-state index contributed by atoms with van der Waals surface area (Å²) >= 11 is 0. The number of nitrogens with one attached hydrogen (secondary N) is 1. The van der Waals surface area contributed by atoms with E-state index in [1.54, 1.807) is 12.1 Å². The van der Waals surface area contributed by atoms with Crippen LogP contribution in [0.1, 0.15) is 57.4 Å². The van der Waals surface area contributed by atoms with Crippen molar-refractivity contribution in [3.8, 4) is 0 Å². The molecule has 1 nitrogen and oxygen atoms in total. The Bertz CT molecular complexity index is 379. The molecule has 1 aliphatic carbocycles. The third kappa shape index (κ3) is 4.90. The molecule has 1 aliphatic rings. The van der Waals surface area contributed by atoms with Crippen LogP contribution in [0.25, 0.3) is 0 Å². The topological polar surface area (TPSA) is 12.0 Å². The second-order valence-electron chi connectivity index (χ2n) is 6.69. The molecule has 0 aromatic heterocycles. The van der Waals surface area contributed by atoms with Crippen LogP contribution in [0.4, 0.5) is 4.39 Å². The van der Waals surface area contributed by atoms with Gasteiger partial charge in [-0.1, -0.05) is 51.7 Å². The molecule has 2 heteroatoms. The van der Waals surface area contributed by atoms with E-state index in [2.05, 4.69) is 19.2 Å². The van der Waals surface area contributed by atoms with Gasteiger partial charge in [-0.05, 0) is 48.4 Å². The van der Waals surface area contributed by atoms with Crippen molar-refractivity contribution in [1.82, 2.24) is 5.32 Å². The third-order valence-corrected chi connectivity index (χ3v) is 4.38. The SMILES string of the molecule is CC(C)CNCC(CC1CCCC1)c1ccc(F)cc1. The average Bonchev–Trinajstić information content (AvgIpc) is 2.91. The molecule has 1 N–H and O–H groups in total. The number of benzene rings is 1. The molecule has 0 spiro atoms. The summed E-state index contributed by atoms with van der Waals surface area (Å²) in [6, 6.07) is 7.12. The fourth-order valence-corrected chi connectivity index (χ4v) is 3.27. The zero-order valence-corrected chi connectivity index (χ0v) is 12.9. The molecule has 0 aliphatic heterocycles. The molecule has 1 fully saturated rings. The normalized spacial score (nSPS) is 17.8. The van der Waals surface area contributed by atoms with Gasteiger partial charge in [0.05, 0.1) is 0 Å². The Labute approximate surface area is 123 Å². The molecule has 112 valence electrons. The van der Waals surface area contributed by atoms with Crippen LogP contribution in [0.15, 0.2) is 24.3 Å². The van der Waals surface area contributed by atoms with E-state index in [-0.39, 0.29) is 5.82 Å². The molecule has 1 aromatic rings. The van der Waals surface area contributed by atoms with Crippen LogP contribution in [0.5, 0.6) is 0 Å². The highest BCUT2D eigenvalue weighted by atomic mass is 19.1. The van der Waals surface area contributed by atoms with Crippen molar-refractivity contribution in [2.45, 2.75) is 51.9 Å². The van der Waals surface area contributed by atoms with E-state index in [0.29, 0.717) is 11.8 Å². The molecule has 1 aromatic carbocycles. The predicted molar refractivity (Wildman–Crippen MR) is 83.4 cm³/mol. The van der Waals surface area contributed by atoms with Gasteiger partial charge in [-0.25, -0.2) is 4.39 Å². The number of hydrogen-bond donors (Lipinski definition) is 1. The minimum Gasteiger partial charge on any atom is -0.316 e. The highest BCUT2D eigenvalue weighted by molar-refractivity contribution is 5.21. The van der Waals surface area contributed by atoms with Gasteiger partial charge in [0.1, 0.15) is 5.82 Å². The van der Waals surface area contributed by atoms with E-state index < -0.39 is 0 Å². The standard InChI is InChI=1S/C18H28FN/c1-14(2)12-20-13-17(11-15-5-3-4-6-15)16-7-9-18(19)10-8-16/h7-10,14-15,17,20H,3-6,11-13H2,1-2H3. The van der Waals surface area contributed by atoms with Crippen molar-refractivity contribution in [1.29, 1.82) is 0 Å². The molecule has 0 heterocycles. The Balaban J connectivity index is 1.96. The molecule has 1 saturated carbocycles. The Morgan fingerprint density at radius 2 is 1.75 bits per heavy atom. The minimum atomic E-state index is -0.136. The van der Waals surface area contributed by atoms with Gasteiger partial charge in [-0.2, -0.15) is 0 Å². The van der Waals surface area contributed by atoms with E-state index in [4.69, 9.17) is 0 Å². The predicted octanol–water partition coefficient (Wildman–Crippen LogP) is 4.74. The lowest BCUT2D eigenvalue weighted by atomic mass is 9.87. The Hall–Kier alpha value is -0.890. The molecular formula is C18H28FN. The summed E-state index contributed by atoms with van der Waals surface area (Å²) in [6.45, 7) is 6.54. The van der Waals surface area contributed by atoms with Gasteiger partial charge in [-0.3, -0.25) is 0 Å². The summed E-state index contributed by atoms with van der Waals surface area (Å²) in [5, 5.41) is 3.58. The van der Waals surface area contributed by atoms with Gasteiger partial charge in [0.2, 0.25) is 0 Å². The highest BCUT2D eigenvalue weighted by Crippen LogP contribution is 2.34. The smallest absolute Gasteiger partial charge is 0.123 e. The lowest BCUT2D eigenvalue weighted by Crippen LogP contribution is -2.26. The lowest BCUT2D eigenvalue weighted by Gasteiger charge is -2.22. The van der Waals surface area contributed by atoms with E-state index in [0.717, 1.165) is 19.0 Å². The van der Waals surface area contributed by atoms with Gasteiger partial charge in [0, 0.05) is 6.54 Å². The lowest BCUT2D eigenvalue weighted by molar-refractivity contribution is 0.418. The molecule has 0 radical (unpaired) electrons. The quantitative estimate of drug-likeness (QED) is 0.759. The Morgan fingerprint density at radius 1 is 1.10 bits per heavy atom. The highest BCUT2D eigenvalue weighted by Gasteiger charge is 2.21. The summed E-state index contributed by atoms with van der Waals surface area (Å²) < 4.78 is 13.1. The van der Waals surface area contributed by atoms with E-state index in [1.165, 1.54) is 37.7 Å². The maximum atomic E-state index is 13.1. The first-order valence-corrected chi connectivity index (χ1v) is 8.11. The molecule has 1 atom stereocenters. The van der Waals surface area contributed by atoms with Crippen LogP contribution >= 0.6 is 0 Å². The van der Waals surface area contributed by atoms with Crippen LogP contribution in [-0.4, -0.2) is 13.1 Å². The largest absolute Gasteiger partial charge is 0.316 e. The number of rotatable bonds is 7. The van der Waals surface area contributed by atoms with Crippen molar-refractivity contribution in [3.63, 3.8) is 0 Å². The summed E-state index contributed by atoms with van der Waals surface area (Å²) in [4.78, 5) is 0. The van der Waals surface area contributed by atoms with E-state index in [1.807, 2.05) is 12.1 Å². The molecule has 1 unspecified atom stereocenters. The average molecular weight is 277 g/mol. The first-order valence-electron chi connectivity index (χ1n) is 8.11. The maximum absolute atomic E-state index is 13.1. The van der Waals surface area contributed by atoms with Crippen molar-refractivity contribution >= 4 is 0 Å². The van der Waals surface area contributed by atoms with E-state index >= 15 is 0 Å². The van der Waals surface area contributed by atoms with Gasteiger partial charge in [0.15, 0.2) is 0 Å². The summed E-state index contributed by atoms with van der Waals surface area (Å²) in [5.41, 5.74) is 1.29. The van der Waals surface area contributed by atoms with Crippen molar-refractivity contribution < 1.29 is 4.39 Å². The summed E-state index contributed by atoms with van der Waals surface area (Å²) in [6.07, 6.45) is 6.78. The monoisotopic (exact) mass is 277 g/mol. The molecule has 0 bridgehead atoms. The van der Waals surface area contributed by atoms with Crippen LogP contribution in [-0.2, 0) is 0 Å². The van der Waals surface area contributed by atoms with Crippen LogP contribution in [0, 0.1) is 17.7 Å². The molecular weight excluding hydrogens is 249 g/mol. The zero-order chi connectivity index (χ0) is 14.4. The van der Waals surface area contributed by atoms with Crippen molar-refractivity contribution in [2.75, 3.05) is 13.1 Å². The van der Waals surface area contributed by atoms with E-state index in [9.17, 15) is 4.39 Å². The molecule has 0 amide bonds. The van der Waals surface area contributed by atoms with Crippen LogP contribution in [0.2, 0.25) is 0 Å². The van der Waals surface area contributed by atoms with Gasteiger partial charge >= 0.3 is 0 Å². The first-order chi connectivity index (χ1) is 9.65. The Morgan fingerprint density at radius 3 is 2.35 bits per heavy atom. The van der Waals surface area contributed by atoms with Gasteiger partial charge in [-0.15, -0.1) is 0 Å². The zero-order valence-electron chi connectivity index (χ0n) is 12.9. The fraction of sp³-hybridized carbons (Fsp3) is 0.667. The third-order valence-electron chi connectivity index (χ3n) is 4.38. The molecule has 20 heavy (non-hydrogen) atoms. The second kappa shape index (κ2) is 7.78. The summed E-state index contributed by atoms with van der Waals surface area (Å²) in [7, 11) is 0. The molecule has 0 saturated heterocycles. The van der Waals surface area contributed by atoms with Gasteiger partial charge < -0.3 is 5.32 Å². The van der Waals surface area contributed by atoms with Crippen LogP contribution in [0.3, 0.4) is 0 Å². The number of hydrogen-bond acceptors (Lipinski definition) is 1. The van der Waals surface area contributed by atoms with Crippen molar-refractivity contribution in [3.05, 3.63) is 35.6 Å². The Kier molecular flexibility index (Phi) is 6.03.